The number of hydrogen-bond donors (Lipinski definition) is 0. The zero-order valence-electron chi connectivity index (χ0n) is 12.5. The molecule has 3 aromatic rings. The molecule has 0 bridgehead atoms. The van der Waals surface area contributed by atoms with Crippen LogP contribution in [0.2, 0.25) is 0 Å². The van der Waals surface area contributed by atoms with E-state index < -0.39 is 16.2 Å². The molecular formula is C15H13N5O3. The maximum Gasteiger partial charge on any atom is 0.336 e. The molecular weight excluding hydrogens is 298 g/mol. The molecule has 3 heterocycles. The molecule has 0 fully saturated rings. The molecule has 0 unspecified atom stereocenters. The topological polar surface area (TPSA) is 104 Å². The number of hydrogen-bond acceptors (Lipinski definition) is 6. The third-order valence-corrected chi connectivity index (χ3v) is 3.40. The van der Waals surface area contributed by atoms with Crippen LogP contribution in [-0.2, 0) is 0 Å². The molecule has 0 N–H and O–H groups in total. The molecule has 0 radical (unpaired) electrons. The van der Waals surface area contributed by atoms with Crippen molar-refractivity contribution in [1.29, 1.82) is 0 Å². The number of rotatable bonds is 3. The summed E-state index contributed by atoms with van der Waals surface area (Å²) < 4.78 is 1.16. The maximum absolute atomic E-state index is 12.6. The Hall–Kier alpha value is -3.16. The number of aromatic nitrogens is 4. The van der Waals surface area contributed by atoms with Crippen molar-refractivity contribution in [3.8, 4) is 5.82 Å². The van der Waals surface area contributed by atoms with E-state index in [2.05, 4.69) is 15.0 Å². The first-order valence-corrected chi connectivity index (χ1v) is 6.97. The normalized spacial score (nSPS) is 11.1. The van der Waals surface area contributed by atoms with Gasteiger partial charge in [0.25, 0.3) is 0 Å². The van der Waals surface area contributed by atoms with Gasteiger partial charge in [0.15, 0.2) is 5.82 Å². The first kappa shape index (κ1) is 14.8. The average molecular weight is 311 g/mol. The first-order chi connectivity index (χ1) is 11.0. The van der Waals surface area contributed by atoms with Crippen LogP contribution in [0, 0.1) is 10.1 Å². The SMILES string of the molecule is CC(C)c1nccnc1-n1c(=O)c([N+](=O)[O-])cc2cccnc21. The highest BCUT2D eigenvalue weighted by Gasteiger charge is 2.22. The lowest BCUT2D eigenvalue weighted by Crippen LogP contribution is -2.24. The highest BCUT2D eigenvalue weighted by atomic mass is 16.6. The van der Waals surface area contributed by atoms with Gasteiger partial charge in [-0.3, -0.25) is 19.9 Å². The molecule has 23 heavy (non-hydrogen) atoms. The van der Waals surface area contributed by atoms with Gasteiger partial charge in [0.05, 0.1) is 10.6 Å². The Kier molecular flexibility index (Phi) is 3.57. The molecule has 0 aliphatic heterocycles. The maximum atomic E-state index is 12.6. The molecule has 8 heteroatoms. The Balaban J connectivity index is 2.49. The van der Waals surface area contributed by atoms with Crippen LogP contribution in [0.4, 0.5) is 5.69 Å². The van der Waals surface area contributed by atoms with Gasteiger partial charge in [0.2, 0.25) is 0 Å². The van der Waals surface area contributed by atoms with Crippen LogP contribution in [0.5, 0.6) is 0 Å². The Morgan fingerprint density at radius 1 is 1.17 bits per heavy atom. The van der Waals surface area contributed by atoms with Gasteiger partial charge in [0.1, 0.15) is 5.65 Å². The van der Waals surface area contributed by atoms with Crippen molar-refractivity contribution in [1.82, 2.24) is 19.5 Å². The van der Waals surface area contributed by atoms with Gasteiger partial charge in [-0.25, -0.2) is 14.5 Å². The van der Waals surface area contributed by atoms with Crippen LogP contribution in [0.15, 0.2) is 41.6 Å². The van der Waals surface area contributed by atoms with Crippen molar-refractivity contribution in [2.75, 3.05) is 0 Å². The van der Waals surface area contributed by atoms with Crippen molar-refractivity contribution < 1.29 is 4.92 Å². The number of pyridine rings is 2. The Morgan fingerprint density at radius 2 is 1.91 bits per heavy atom. The summed E-state index contributed by atoms with van der Waals surface area (Å²) in [6.45, 7) is 3.82. The minimum atomic E-state index is -0.774. The smallest absolute Gasteiger partial charge is 0.261 e. The van der Waals surface area contributed by atoms with Crippen LogP contribution in [0.1, 0.15) is 25.5 Å². The van der Waals surface area contributed by atoms with E-state index >= 15 is 0 Å². The van der Waals surface area contributed by atoms with Crippen LogP contribution >= 0.6 is 0 Å². The second kappa shape index (κ2) is 5.56. The molecule has 0 saturated heterocycles. The van der Waals surface area contributed by atoms with Gasteiger partial charge < -0.3 is 0 Å². The predicted molar refractivity (Wildman–Crippen MR) is 83.7 cm³/mol. The summed E-state index contributed by atoms with van der Waals surface area (Å²) in [4.78, 5) is 35.8. The summed E-state index contributed by atoms with van der Waals surface area (Å²) in [6.07, 6.45) is 4.49. The standard InChI is InChI=1S/C15H13N5O3/c1-9(2)12-14(18-7-6-16-12)19-13-10(4-3-5-17-13)8-11(15(19)21)20(22)23/h3-9H,1-2H3. The van der Waals surface area contributed by atoms with E-state index in [1.165, 1.54) is 24.7 Å². The van der Waals surface area contributed by atoms with E-state index in [9.17, 15) is 14.9 Å². The van der Waals surface area contributed by atoms with E-state index in [1.54, 1.807) is 12.1 Å². The quantitative estimate of drug-likeness (QED) is 0.542. The molecule has 0 aromatic carbocycles. The summed E-state index contributed by atoms with van der Waals surface area (Å²) in [5.74, 6) is 0.253. The zero-order valence-corrected chi connectivity index (χ0v) is 12.5. The molecule has 3 aromatic heterocycles. The average Bonchev–Trinajstić information content (AvgIpc) is 2.54. The van der Waals surface area contributed by atoms with Crippen LogP contribution in [0.3, 0.4) is 0 Å². The number of nitro groups is 1. The molecule has 0 atom stereocenters. The molecule has 0 spiro atoms. The van der Waals surface area contributed by atoms with Gasteiger partial charge >= 0.3 is 11.2 Å². The lowest BCUT2D eigenvalue weighted by molar-refractivity contribution is -0.386. The fourth-order valence-corrected chi connectivity index (χ4v) is 2.38. The van der Waals surface area contributed by atoms with Crippen molar-refractivity contribution in [3.05, 3.63) is 63.0 Å². The van der Waals surface area contributed by atoms with Crippen molar-refractivity contribution in [2.45, 2.75) is 19.8 Å². The Labute approximate surface area is 130 Å². The summed E-state index contributed by atoms with van der Waals surface area (Å²) in [6, 6.07) is 4.55. The fourth-order valence-electron chi connectivity index (χ4n) is 2.38. The Bertz CT molecular complexity index is 965. The summed E-state index contributed by atoms with van der Waals surface area (Å²) in [5, 5.41) is 11.7. The monoisotopic (exact) mass is 311 g/mol. The first-order valence-electron chi connectivity index (χ1n) is 6.97. The van der Waals surface area contributed by atoms with Gasteiger partial charge in [-0.15, -0.1) is 0 Å². The summed E-state index contributed by atoms with van der Waals surface area (Å²) >= 11 is 0. The summed E-state index contributed by atoms with van der Waals surface area (Å²) in [5.41, 5.74) is -0.415. The van der Waals surface area contributed by atoms with E-state index in [0.717, 1.165) is 4.57 Å². The molecule has 116 valence electrons. The van der Waals surface area contributed by atoms with E-state index in [4.69, 9.17) is 0 Å². The molecule has 0 aliphatic carbocycles. The third kappa shape index (κ3) is 2.44. The lowest BCUT2D eigenvalue weighted by atomic mass is 10.1. The molecule has 3 rings (SSSR count). The predicted octanol–water partition coefficient (Wildman–Crippen LogP) is 2.21. The second-order valence-electron chi connectivity index (χ2n) is 5.26. The van der Waals surface area contributed by atoms with Crippen LogP contribution in [-0.4, -0.2) is 24.4 Å². The van der Waals surface area contributed by atoms with Crippen LogP contribution < -0.4 is 5.56 Å². The highest BCUT2D eigenvalue weighted by Crippen LogP contribution is 2.22. The number of nitrogens with zero attached hydrogens (tertiary/aromatic N) is 5. The minimum absolute atomic E-state index is 0.0105. The van der Waals surface area contributed by atoms with Gasteiger partial charge in [-0.05, 0) is 18.1 Å². The number of fused-ring (bicyclic) bond motifs is 1. The molecule has 0 aliphatic rings. The summed E-state index contributed by atoms with van der Waals surface area (Å²) in [7, 11) is 0. The second-order valence-corrected chi connectivity index (χ2v) is 5.26. The van der Waals surface area contributed by atoms with Gasteiger partial charge in [0, 0.05) is 30.0 Å². The molecule has 0 saturated carbocycles. The van der Waals surface area contributed by atoms with Gasteiger partial charge in [-0.1, -0.05) is 13.8 Å². The van der Waals surface area contributed by atoms with E-state index in [-0.39, 0.29) is 11.7 Å². The molecule has 0 amide bonds. The zero-order chi connectivity index (χ0) is 16.6. The van der Waals surface area contributed by atoms with Gasteiger partial charge in [-0.2, -0.15) is 0 Å². The Morgan fingerprint density at radius 3 is 2.61 bits per heavy atom. The van der Waals surface area contributed by atoms with E-state index in [0.29, 0.717) is 16.7 Å². The molecule has 8 nitrogen and oxygen atoms in total. The van der Waals surface area contributed by atoms with Crippen molar-refractivity contribution in [2.24, 2.45) is 0 Å². The third-order valence-electron chi connectivity index (χ3n) is 3.40. The fraction of sp³-hybridized carbons (Fsp3) is 0.200. The largest absolute Gasteiger partial charge is 0.336 e. The van der Waals surface area contributed by atoms with Crippen molar-refractivity contribution in [3.63, 3.8) is 0 Å². The minimum Gasteiger partial charge on any atom is -0.261 e. The van der Waals surface area contributed by atoms with Crippen LogP contribution in [0.25, 0.3) is 16.9 Å². The van der Waals surface area contributed by atoms with E-state index in [1.807, 2.05) is 13.8 Å². The van der Waals surface area contributed by atoms with Crippen molar-refractivity contribution >= 4 is 16.7 Å². The highest BCUT2D eigenvalue weighted by molar-refractivity contribution is 5.78. The lowest BCUT2D eigenvalue weighted by Gasteiger charge is -2.13.